The lowest BCUT2D eigenvalue weighted by molar-refractivity contribution is -0.131. The lowest BCUT2D eigenvalue weighted by Crippen LogP contribution is -2.36. The Bertz CT molecular complexity index is 988. The van der Waals surface area contributed by atoms with E-state index >= 15 is 0 Å². The maximum atomic E-state index is 12.4. The number of phenols is 1. The fourth-order valence-corrected chi connectivity index (χ4v) is 3.23. The number of phenolic OH excluding ortho intramolecular Hbond substituents is 1. The van der Waals surface area contributed by atoms with Crippen molar-refractivity contribution in [3.8, 4) is 11.4 Å². The van der Waals surface area contributed by atoms with Gasteiger partial charge in [-0.15, -0.1) is 5.10 Å². The summed E-state index contributed by atoms with van der Waals surface area (Å²) in [5.74, 6) is -0.290. The Balaban J connectivity index is 1.53. The van der Waals surface area contributed by atoms with Gasteiger partial charge in [-0.1, -0.05) is 29.5 Å². The van der Waals surface area contributed by atoms with E-state index in [-0.39, 0.29) is 29.9 Å². The van der Waals surface area contributed by atoms with Gasteiger partial charge in [0.1, 0.15) is 5.75 Å². The van der Waals surface area contributed by atoms with Crippen molar-refractivity contribution >= 4 is 29.3 Å². The van der Waals surface area contributed by atoms with Gasteiger partial charge in [0.15, 0.2) is 0 Å². The zero-order chi connectivity index (χ0) is 20.8. The van der Waals surface area contributed by atoms with E-state index in [9.17, 15) is 14.7 Å². The van der Waals surface area contributed by atoms with Crippen molar-refractivity contribution in [2.24, 2.45) is 0 Å². The van der Waals surface area contributed by atoms with Gasteiger partial charge in [0.05, 0.1) is 18.0 Å². The third kappa shape index (κ3) is 5.55. The van der Waals surface area contributed by atoms with Crippen LogP contribution < -0.4 is 5.32 Å². The van der Waals surface area contributed by atoms with E-state index in [4.69, 9.17) is 0 Å². The van der Waals surface area contributed by atoms with Gasteiger partial charge in [-0.05, 0) is 53.7 Å². The topological polar surface area (TPSA) is 113 Å². The van der Waals surface area contributed by atoms with E-state index in [0.717, 1.165) is 17.3 Å². The van der Waals surface area contributed by atoms with Gasteiger partial charge in [0.25, 0.3) is 0 Å². The molecule has 10 heteroatoms. The Kier molecular flexibility index (Phi) is 6.45. The third-order valence-electron chi connectivity index (χ3n) is 4.00. The quantitative estimate of drug-likeness (QED) is 0.570. The first-order valence-electron chi connectivity index (χ1n) is 8.73. The zero-order valence-electron chi connectivity index (χ0n) is 15.9. The van der Waals surface area contributed by atoms with Crippen molar-refractivity contribution in [3.63, 3.8) is 0 Å². The summed E-state index contributed by atoms with van der Waals surface area (Å²) in [4.78, 5) is 25.9. The Hall–Kier alpha value is -3.40. The molecule has 0 radical (unpaired) electrons. The van der Waals surface area contributed by atoms with E-state index in [1.165, 1.54) is 21.7 Å². The number of likely N-dealkylation sites (N-methyl/N-ethyl adjacent to an activating group) is 1. The van der Waals surface area contributed by atoms with Gasteiger partial charge in [0.2, 0.25) is 17.0 Å². The third-order valence-corrected chi connectivity index (χ3v) is 4.91. The van der Waals surface area contributed by atoms with Crippen LogP contribution in [-0.2, 0) is 9.59 Å². The number of tetrazole rings is 1. The predicted octanol–water partition coefficient (Wildman–Crippen LogP) is 1.87. The Labute approximate surface area is 171 Å². The molecule has 3 aromatic rings. The maximum absolute atomic E-state index is 12.4. The van der Waals surface area contributed by atoms with E-state index in [1.807, 2.05) is 31.2 Å². The highest BCUT2D eigenvalue weighted by Crippen LogP contribution is 2.20. The minimum atomic E-state index is -0.274. The van der Waals surface area contributed by atoms with E-state index in [0.29, 0.717) is 16.5 Å². The first-order chi connectivity index (χ1) is 13.9. The SMILES string of the molecule is Cc1ccc(NC(=O)CN(C)C(=O)CSc2nnnn2-c2ccc(O)cc2)cc1. The molecule has 0 aliphatic carbocycles. The van der Waals surface area contributed by atoms with Gasteiger partial charge in [-0.3, -0.25) is 9.59 Å². The van der Waals surface area contributed by atoms with Crippen LogP contribution >= 0.6 is 11.8 Å². The molecule has 2 aromatic carbocycles. The molecule has 0 aliphatic heterocycles. The number of nitrogens with one attached hydrogen (secondary N) is 1. The molecule has 0 fully saturated rings. The summed E-state index contributed by atoms with van der Waals surface area (Å²) in [5, 5.41) is 24.0. The van der Waals surface area contributed by atoms with Gasteiger partial charge in [-0.25, -0.2) is 0 Å². The Morgan fingerprint density at radius 1 is 1.14 bits per heavy atom. The van der Waals surface area contributed by atoms with Crippen LogP contribution in [0.15, 0.2) is 53.7 Å². The molecular weight excluding hydrogens is 392 g/mol. The summed E-state index contributed by atoms with van der Waals surface area (Å²) < 4.78 is 1.47. The van der Waals surface area contributed by atoms with Crippen LogP contribution in [-0.4, -0.2) is 61.4 Å². The number of benzene rings is 2. The van der Waals surface area contributed by atoms with Crippen molar-refractivity contribution in [2.45, 2.75) is 12.1 Å². The average molecular weight is 412 g/mol. The number of aromatic nitrogens is 4. The van der Waals surface area contributed by atoms with Gasteiger partial charge in [0, 0.05) is 12.7 Å². The van der Waals surface area contributed by atoms with Crippen molar-refractivity contribution in [3.05, 3.63) is 54.1 Å². The number of thioether (sulfide) groups is 1. The van der Waals surface area contributed by atoms with Crippen LogP contribution in [0, 0.1) is 6.92 Å². The second-order valence-corrected chi connectivity index (χ2v) is 7.28. The number of hydrogen-bond acceptors (Lipinski definition) is 7. The number of aromatic hydroxyl groups is 1. The number of hydrogen-bond donors (Lipinski definition) is 2. The normalized spacial score (nSPS) is 10.6. The van der Waals surface area contributed by atoms with Crippen molar-refractivity contribution in [1.82, 2.24) is 25.1 Å². The molecule has 9 nitrogen and oxygen atoms in total. The van der Waals surface area contributed by atoms with Crippen LogP contribution in [0.5, 0.6) is 5.75 Å². The number of rotatable bonds is 7. The highest BCUT2D eigenvalue weighted by atomic mass is 32.2. The minimum absolute atomic E-state index is 0.0594. The van der Waals surface area contributed by atoms with Crippen LogP contribution in [0.25, 0.3) is 5.69 Å². The summed E-state index contributed by atoms with van der Waals surface area (Å²) in [7, 11) is 1.57. The molecule has 0 saturated carbocycles. The summed E-state index contributed by atoms with van der Waals surface area (Å²) in [6.07, 6.45) is 0. The number of aryl methyl sites for hydroxylation is 1. The molecule has 1 aromatic heterocycles. The first-order valence-corrected chi connectivity index (χ1v) is 9.72. The van der Waals surface area contributed by atoms with Crippen LogP contribution in [0.3, 0.4) is 0 Å². The number of carbonyl (C=O) groups excluding carboxylic acids is 2. The number of anilines is 1. The zero-order valence-corrected chi connectivity index (χ0v) is 16.8. The lowest BCUT2D eigenvalue weighted by atomic mass is 10.2. The second kappa shape index (κ2) is 9.20. The molecule has 0 atom stereocenters. The lowest BCUT2D eigenvalue weighted by Gasteiger charge is -2.16. The summed E-state index contributed by atoms with van der Waals surface area (Å²) in [6, 6.07) is 13.8. The molecule has 2 N–H and O–H groups in total. The second-order valence-electron chi connectivity index (χ2n) is 6.34. The van der Waals surface area contributed by atoms with Crippen LogP contribution in [0.1, 0.15) is 5.56 Å². The van der Waals surface area contributed by atoms with Gasteiger partial charge >= 0.3 is 0 Å². The molecule has 0 saturated heterocycles. The molecule has 0 unspecified atom stereocenters. The Morgan fingerprint density at radius 3 is 2.52 bits per heavy atom. The average Bonchev–Trinajstić information content (AvgIpc) is 3.17. The van der Waals surface area contributed by atoms with Crippen molar-refractivity contribution in [1.29, 1.82) is 0 Å². The fourth-order valence-electron chi connectivity index (χ4n) is 2.40. The molecule has 3 rings (SSSR count). The van der Waals surface area contributed by atoms with Crippen molar-refractivity contribution < 1.29 is 14.7 Å². The van der Waals surface area contributed by atoms with Crippen molar-refractivity contribution in [2.75, 3.05) is 24.7 Å². The molecule has 150 valence electrons. The summed E-state index contributed by atoms with van der Waals surface area (Å²) in [6.45, 7) is 1.91. The highest BCUT2D eigenvalue weighted by molar-refractivity contribution is 7.99. The van der Waals surface area contributed by atoms with E-state index < -0.39 is 0 Å². The van der Waals surface area contributed by atoms with E-state index in [2.05, 4.69) is 20.8 Å². The van der Waals surface area contributed by atoms with Crippen LogP contribution in [0.2, 0.25) is 0 Å². The smallest absolute Gasteiger partial charge is 0.243 e. The molecule has 0 spiro atoms. The minimum Gasteiger partial charge on any atom is -0.508 e. The first kappa shape index (κ1) is 20.3. The molecule has 0 aliphatic rings. The number of nitrogens with zero attached hydrogens (tertiary/aromatic N) is 5. The molecule has 29 heavy (non-hydrogen) atoms. The van der Waals surface area contributed by atoms with Gasteiger partial charge < -0.3 is 15.3 Å². The summed E-state index contributed by atoms with van der Waals surface area (Å²) >= 11 is 1.16. The maximum Gasteiger partial charge on any atom is 0.243 e. The molecule has 0 bridgehead atoms. The summed E-state index contributed by atoms with van der Waals surface area (Å²) in [5.41, 5.74) is 2.44. The molecular formula is C19H20N6O3S. The fraction of sp³-hybridized carbons (Fsp3) is 0.211. The largest absolute Gasteiger partial charge is 0.508 e. The Morgan fingerprint density at radius 2 is 1.83 bits per heavy atom. The monoisotopic (exact) mass is 412 g/mol. The van der Waals surface area contributed by atoms with Gasteiger partial charge in [-0.2, -0.15) is 4.68 Å². The highest BCUT2D eigenvalue weighted by Gasteiger charge is 2.16. The number of amides is 2. The standard InChI is InChI=1S/C19H20N6O3S/c1-13-3-5-14(6-4-13)20-17(27)11-24(2)18(28)12-29-19-21-22-23-25(19)15-7-9-16(26)10-8-15/h3-10,26H,11-12H2,1-2H3,(H,20,27). The van der Waals surface area contributed by atoms with E-state index in [1.54, 1.807) is 19.2 Å². The number of carbonyl (C=O) groups is 2. The predicted molar refractivity (Wildman–Crippen MR) is 109 cm³/mol. The van der Waals surface area contributed by atoms with Crippen LogP contribution in [0.4, 0.5) is 5.69 Å². The molecule has 2 amide bonds. The molecule has 1 heterocycles.